The molecule has 0 aromatic heterocycles. The van der Waals surface area contributed by atoms with Gasteiger partial charge in [0.05, 0.1) is 0 Å². The third-order valence-corrected chi connectivity index (χ3v) is 4.75. The normalized spacial score (nSPS) is 24.2. The molecule has 3 rings (SSSR count). The van der Waals surface area contributed by atoms with Crippen molar-refractivity contribution in [3.63, 3.8) is 0 Å². The van der Waals surface area contributed by atoms with E-state index in [0.717, 1.165) is 0 Å². The van der Waals surface area contributed by atoms with Crippen molar-refractivity contribution >= 4 is 5.57 Å². The molecule has 1 aromatic carbocycles. The molecule has 0 fully saturated rings. The smallest absolute Gasteiger partial charge is 1.00 e. The Bertz CT molecular complexity index is 452. The van der Waals surface area contributed by atoms with Crippen molar-refractivity contribution in [1.82, 2.24) is 0 Å². The molecule has 96 valence electrons. The predicted molar refractivity (Wildman–Crippen MR) is 59.2 cm³/mol. The molecule has 2 aliphatic rings. The molecule has 0 radical (unpaired) electrons. The van der Waals surface area contributed by atoms with Crippen molar-refractivity contribution in [2.75, 3.05) is 0 Å². The van der Waals surface area contributed by atoms with Gasteiger partial charge >= 0.3 is 103 Å². The summed E-state index contributed by atoms with van der Waals surface area (Å²) in [6.45, 7) is 2.39. The molecule has 0 aliphatic heterocycles. The van der Waals surface area contributed by atoms with Gasteiger partial charge in [0.25, 0.3) is 0 Å². The molecule has 4 heteroatoms. The van der Waals surface area contributed by atoms with Gasteiger partial charge in [0, 0.05) is 0 Å². The summed E-state index contributed by atoms with van der Waals surface area (Å²) < 4.78 is 0.298. The number of benzene rings is 1. The second-order valence-electron chi connectivity index (χ2n) is 4.83. The Labute approximate surface area is 140 Å². The fourth-order valence-corrected chi connectivity index (χ4v) is 3.87. The standard InChI is InChI=1S/C14H15.3ClH.Ti/c1-10-11-6-2-4-8-13(11)14-9-5-3-7-12(10)14;;;;/h2,4,6,8H,3,5,7,9H2,1H3;3*1H;/q;;;;+3/p-3. The topological polar surface area (TPSA) is 0 Å². The Kier molecular flexibility index (Phi) is 7.02. The molecule has 0 N–H and O–H groups in total. The summed E-state index contributed by atoms with van der Waals surface area (Å²) in [6, 6.07) is 8.98. The maximum Gasteiger partial charge on any atom is -1.00 e. The minimum Gasteiger partial charge on any atom is -1.00 e. The summed E-state index contributed by atoms with van der Waals surface area (Å²) in [5.74, 6) is 0. The summed E-state index contributed by atoms with van der Waals surface area (Å²) in [7, 11) is 0. The Morgan fingerprint density at radius 3 is 2.33 bits per heavy atom. The number of fused-ring (bicyclic) bond motifs is 2. The molecule has 0 saturated carbocycles. The van der Waals surface area contributed by atoms with Crippen molar-refractivity contribution in [3.8, 4) is 0 Å². The monoisotopic (exact) mass is 336 g/mol. The van der Waals surface area contributed by atoms with Gasteiger partial charge in [0.15, 0.2) is 0 Å². The third kappa shape index (κ3) is 2.69. The van der Waals surface area contributed by atoms with Gasteiger partial charge in [0.1, 0.15) is 0 Å². The van der Waals surface area contributed by atoms with Gasteiger partial charge in [-0.25, -0.2) is 0 Å². The zero-order chi connectivity index (χ0) is 10.5. The van der Waals surface area contributed by atoms with Crippen LogP contribution in [0.2, 0.25) is 0 Å². The first-order valence-corrected chi connectivity index (χ1v) is 6.57. The van der Waals surface area contributed by atoms with Crippen LogP contribution in [0.4, 0.5) is 0 Å². The van der Waals surface area contributed by atoms with Crippen LogP contribution in [-0.4, -0.2) is 0 Å². The number of halogens is 3. The first kappa shape index (κ1) is 18.5. The van der Waals surface area contributed by atoms with Gasteiger partial charge in [-0.05, 0) is 0 Å². The summed E-state index contributed by atoms with van der Waals surface area (Å²) in [5.41, 5.74) is 6.48. The van der Waals surface area contributed by atoms with E-state index in [1.54, 1.807) is 16.7 Å². The molecular weight excluding hydrogens is 322 g/mol. The quantitative estimate of drug-likeness (QED) is 0.415. The zero-order valence-electron chi connectivity index (χ0n) is 10.3. The maximum atomic E-state index is 2.39. The molecule has 18 heavy (non-hydrogen) atoms. The molecule has 0 nitrogen and oxygen atoms in total. The largest absolute Gasteiger partial charge is 1.00 e. The average Bonchev–Trinajstić information content (AvgIpc) is 2.51. The van der Waals surface area contributed by atoms with Gasteiger partial charge in [-0.3, -0.25) is 0 Å². The van der Waals surface area contributed by atoms with Crippen molar-refractivity contribution in [2.24, 2.45) is 0 Å². The van der Waals surface area contributed by atoms with Gasteiger partial charge in [0.2, 0.25) is 0 Å². The van der Waals surface area contributed by atoms with Crippen LogP contribution in [0.5, 0.6) is 0 Å². The summed E-state index contributed by atoms with van der Waals surface area (Å²) >= 11 is 2.39. The second-order valence-corrected chi connectivity index (χ2v) is 6.40. The molecule has 0 bridgehead atoms. The Balaban J connectivity index is 0.000000963. The van der Waals surface area contributed by atoms with Gasteiger partial charge < -0.3 is 37.2 Å². The van der Waals surface area contributed by atoms with E-state index in [1.807, 2.05) is 0 Å². The Morgan fingerprint density at radius 1 is 1.00 bits per heavy atom. The van der Waals surface area contributed by atoms with E-state index in [-0.39, 0.29) is 37.2 Å². The molecular formula is C14H15Cl3Ti. The minimum absolute atomic E-state index is 0. The number of hydrogen-bond acceptors (Lipinski definition) is 0. The summed E-state index contributed by atoms with van der Waals surface area (Å²) in [4.78, 5) is 0. The van der Waals surface area contributed by atoms with Crippen LogP contribution in [0.25, 0.3) is 5.57 Å². The van der Waals surface area contributed by atoms with Gasteiger partial charge in [-0.1, -0.05) is 0 Å². The van der Waals surface area contributed by atoms with Crippen LogP contribution in [0.1, 0.15) is 43.7 Å². The fraction of sp³-hybridized carbons (Fsp3) is 0.429. The molecule has 1 aromatic rings. The van der Waals surface area contributed by atoms with Crippen molar-refractivity contribution in [3.05, 3.63) is 41.0 Å². The first-order chi connectivity index (χ1) is 7.21. The van der Waals surface area contributed by atoms with E-state index in [0.29, 0.717) is 3.72 Å². The van der Waals surface area contributed by atoms with Crippen LogP contribution in [-0.2, 0) is 24.2 Å². The van der Waals surface area contributed by atoms with E-state index in [9.17, 15) is 0 Å². The number of hydrogen-bond donors (Lipinski definition) is 0. The third-order valence-electron chi connectivity index (χ3n) is 3.86. The van der Waals surface area contributed by atoms with Crippen LogP contribution < -0.4 is 37.2 Å². The summed E-state index contributed by atoms with van der Waals surface area (Å²) in [5, 5.41) is 0. The number of allylic oxidation sites excluding steroid dienone is 2. The van der Waals surface area contributed by atoms with Crippen molar-refractivity contribution in [1.29, 1.82) is 0 Å². The SMILES string of the molecule is C[C]1([Ti+3])C2=C(CCCC2)c2ccccc21.[Cl-].[Cl-].[Cl-]. The van der Waals surface area contributed by atoms with Crippen LogP contribution in [0.15, 0.2) is 29.8 Å². The average molecular weight is 338 g/mol. The Hall–Kier alpha value is 0.544. The van der Waals surface area contributed by atoms with E-state index >= 15 is 0 Å². The summed E-state index contributed by atoms with van der Waals surface area (Å²) in [6.07, 6.45) is 5.38. The number of rotatable bonds is 0. The maximum absolute atomic E-state index is 2.39. The van der Waals surface area contributed by atoms with Crippen LogP contribution in [0, 0.1) is 0 Å². The molecule has 0 heterocycles. The molecule has 2 aliphatic carbocycles. The van der Waals surface area contributed by atoms with Crippen LogP contribution in [0.3, 0.4) is 0 Å². The Morgan fingerprint density at radius 2 is 1.61 bits per heavy atom. The van der Waals surface area contributed by atoms with Crippen LogP contribution >= 0.6 is 0 Å². The van der Waals surface area contributed by atoms with E-state index in [4.69, 9.17) is 0 Å². The second kappa shape index (κ2) is 6.82. The molecule has 1 atom stereocenters. The van der Waals surface area contributed by atoms with E-state index < -0.39 is 0 Å². The molecule has 0 saturated heterocycles. The predicted octanol–water partition coefficient (Wildman–Crippen LogP) is -5.20. The van der Waals surface area contributed by atoms with E-state index in [2.05, 4.69) is 51.6 Å². The van der Waals surface area contributed by atoms with Gasteiger partial charge in [-0.2, -0.15) is 0 Å². The fourth-order valence-electron chi connectivity index (χ4n) is 3.10. The zero-order valence-corrected chi connectivity index (χ0v) is 14.1. The van der Waals surface area contributed by atoms with Gasteiger partial charge in [-0.15, -0.1) is 0 Å². The van der Waals surface area contributed by atoms with E-state index in [1.165, 1.54) is 31.2 Å². The first-order valence-electron chi connectivity index (χ1n) is 5.78. The minimum atomic E-state index is 0. The molecule has 0 spiro atoms. The van der Waals surface area contributed by atoms with Crippen molar-refractivity contribution < 1.29 is 57.7 Å². The molecule has 1 unspecified atom stereocenters. The molecule has 0 amide bonds. The van der Waals surface area contributed by atoms with Crippen molar-refractivity contribution in [2.45, 2.75) is 36.3 Å².